The van der Waals surface area contributed by atoms with Crippen LogP contribution in [0.15, 0.2) is 18.2 Å². The van der Waals surface area contributed by atoms with E-state index in [1.54, 1.807) is 18.2 Å². The van der Waals surface area contributed by atoms with Gasteiger partial charge in [0.2, 0.25) is 5.91 Å². The minimum atomic E-state index is -0.742. The summed E-state index contributed by atoms with van der Waals surface area (Å²) in [5.74, 6) is -0.651. The average Bonchev–Trinajstić information content (AvgIpc) is 2.38. The van der Waals surface area contributed by atoms with E-state index in [0.717, 1.165) is 5.56 Å². The van der Waals surface area contributed by atoms with Crippen molar-refractivity contribution in [3.05, 3.63) is 33.8 Å². The first kappa shape index (κ1) is 16.6. The molecule has 1 aromatic rings. The Bertz CT molecular complexity index is 497. The third-order valence-corrected chi connectivity index (χ3v) is 3.06. The molecule has 0 aliphatic carbocycles. The standard InChI is InChI=1S/C12H15Cl2N3O3/c13-9-2-1-7(4-10(9)14)3-8(15)6-20-12(19)17-5-11(16)18/h1-2,4,8H,3,5-6,15H2,(H2,16,18)(H,17,19). The Balaban J connectivity index is 2.36. The maximum absolute atomic E-state index is 11.2. The highest BCUT2D eigenvalue weighted by Gasteiger charge is 2.10. The Labute approximate surface area is 126 Å². The molecule has 1 atom stereocenters. The molecule has 1 rings (SSSR count). The van der Waals surface area contributed by atoms with Gasteiger partial charge >= 0.3 is 6.09 Å². The van der Waals surface area contributed by atoms with Crippen LogP contribution in [0, 0.1) is 0 Å². The largest absolute Gasteiger partial charge is 0.448 e. The number of carbonyl (C=O) groups is 2. The van der Waals surface area contributed by atoms with E-state index in [1.807, 2.05) is 0 Å². The summed E-state index contributed by atoms with van der Waals surface area (Å²) in [4.78, 5) is 21.6. The molecule has 0 aromatic heterocycles. The number of halogens is 2. The molecule has 0 aliphatic rings. The first-order valence-corrected chi connectivity index (χ1v) is 6.52. The summed E-state index contributed by atoms with van der Waals surface area (Å²) in [5, 5.41) is 3.09. The molecule has 5 N–H and O–H groups in total. The second kappa shape index (κ2) is 7.94. The summed E-state index contributed by atoms with van der Waals surface area (Å²) in [5.41, 5.74) is 11.6. The number of benzene rings is 1. The molecular formula is C12H15Cl2N3O3. The van der Waals surface area contributed by atoms with Crippen molar-refractivity contribution in [2.75, 3.05) is 13.2 Å². The minimum absolute atomic E-state index is 0.00480. The molecule has 0 spiro atoms. The lowest BCUT2D eigenvalue weighted by Gasteiger charge is -2.13. The topological polar surface area (TPSA) is 107 Å². The fourth-order valence-electron chi connectivity index (χ4n) is 1.42. The zero-order valence-corrected chi connectivity index (χ0v) is 12.1. The van der Waals surface area contributed by atoms with Gasteiger partial charge in [0.15, 0.2) is 0 Å². The van der Waals surface area contributed by atoms with Crippen molar-refractivity contribution in [1.82, 2.24) is 5.32 Å². The fourth-order valence-corrected chi connectivity index (χ4v) is 1.74. The first-order chi connectivity index (χ1) is 9.38. The van der Waals surface area contributed by atoms with Crippen molar-refractivity contribution >= 4 is 35.2 Å². The molecule has 110 valence electrons. The minimum Gasteiger partial charge on any atom is -0.448 e. The van der Waals surface area contributed by atoms with Gasteiger partial charge in [-0.15, -0.1) is 0 Å². The number of hydrogen-bond acceptors (Lipinski definition) is 4. The quantitative estimate of drug-likeness (QED) is 0.729. The van der Waals surface area contributed by atoms with Gasteiger partial charge in [-0.25, -0.2) is 4.79 Å². The van der Waals surface area contributed by atoms with Gasteiger partial charge in [-0.1, -0.05) is 29.3 Å². The van der Waals surface area contributed by atoms with Gasteiger partial charge in [0.25, 0.3) is 0 Å². The van der Waals surface area contributed by atoms with Crippen LogP contribution in [0.5, 0.6) is 0 Å². The van der Waals surface area contributed by atoms with Crippen molar-refractivity contribution < 1.29 is 14.3 Å². The normalized spacial score (nSPS) is 11.8. The summed E-state index contributed by atoms with van der Waals surface area (Å²) >= 11 is 11.7. The lowest BCUT2D eigenvalue weighted by atomic mass is 10.1. The lowest BCUT2D eigenvalue weighted by Crippen LogP contribution is -2.37. The molecular weight excluding hydrogens is 305 g/mol. The molecule has 0 saturated heterocycles. The van der Waals surface area contributed by atoms with E-state index in [-0.39, 0.29) is 13.2 Å². The Morgan fingerprint density at radius 3 is 2.60 bits per heavy atom. The molecule has 0 radical (unpaired) electrons. The van der Waals surface area contributed by atoms with Crippen LogP contribution in [-0.2, 0) is 16.0 Å². The second-order valence-corrected chi connectivity index (χ2v) is 4.95. The molecule has 6 nitrogen and oxygen atoms in total. The summed E-state index contributed by atoms with van der Waals surface area (Å²) in [6.45, 7) is -0.272. The number of rotatable bonds is 6. The number of ether oxygens (including phenoxy) is 1. The van der Waals surface area contributed by atoms with Crippen molar-refractivity contribution in [3.63, 3.8) is 0 Å². The van der Waals surface area contributed by atoms with Crippen LogP contribution in [0.25, 0.3) is 0 Å². The Kier molecular flexibility index (Phi) is 6.57. The highest BCUT2D eigenvalue weighted by atomic mass is 35.5. The van der Waals surface area contributed by atoms with Gasteiger partial charge in [-0.3, -0.25) is 4.79 Å². The van der Waals surface area contributed by atoms with Crippen LogP contribution < -0.4 is 16.8 Å². The molecule has 0 heterocycles. The lowest BCUT2D eigenvalue weighted by molar-refractivity contribution is -0.117. The van der Waals surface area contributed by atoms with Gasteiger partial charge in [-0.05, 0) is 24.1 Å². The molecule has 20 heavy (non-hydrogen) atoms. The maximum atomic E-state index is 11.2. The number of alkyl carbamates (subject to hydrolysis) is 1. The van der Waals surface area contributed by atoms with Crippen molar-refractivity contribution in [3.8, 4) is 0 Å². The van der Waals surface area contributed by atoms with E-state index in [4.69, 9.17) is 39.4 Å². The zero-order chi connectivity index (χ0) is 15.1. The third kappa shape index (κ3) is 6.10. The van der Waals surface area contributed by atoms with Crippen LogP contribution in [0.4, 0.5) is 4.79 Å². The molecule has 1 unspecified atom stereocenters. The molecule has 1 aromatic carbocycles. The number of nitrogens with one attached hydrogen (secondary N) is 1. The number of hydrogen-bond donors (Lipinski definition) is 3. The smallest absolute Gasteiger partial charge is 0.407 e. The van der Waals surface area contributed by atoms with Gasteiger partial charge < -0.3 is 21.5 Å². The maximum Gasteiger partial charge on any atom is 0.407 e. The Morgan fingerprint density at radius 2 is 2.00 bits per heavy atom. The van der Waals surface area contributed by atoms with Gasteiger partial charge in [0.1, 0.15) is 6.61 Å². The number of nitrogens with two attached hydrogens (primary N) is 2. The molecule has 8 heteroatoms. The van der Waals surface area contributed by atoms with E-state index in [1.165, 1.54) is 0 Å². The average molecular weight is 320 g/mol. The molecule has 0 aliphatic heterocycles. The monoisotopic (exact) mass is 319 g/mol. The first-order valence-electron chi connectivity index (χ1n) is 5.77. The summed E-state index contributed by atoms with van der Waals surface area (Å²) in [7, 11) is 0. The third-order valence-electron chi connectivity index (χ3n) is 2.32. The van der Waals surface area contributed by atoms with Crippen LogP contribution in [0.1, 0.15) is 5.56 Å². The van der Waals surface area contributed by atoms with E-state index < -0.39 is 18.0 Å². The predicted octanol–water partition coefficient (Wildman–Crippen LogP) is 1.07. The molecule has 0 fully saturated rings. The van der Waals surface area contributed by atoms with Gasteiger partial charge in [-0.2, -0.15) is 0 Å². The van der Waals surface area contributed by atoms with Crippen LogP contribution in [-0.4, -0.2) is 31.2 Å². The van der Waals surface area contributed by atoms with E-state index >= 15 is 0 Å². The van der Waals surface area contributed by atoms with E-state index in [2.05, 4.69) is 5.32 Å². The number of amides is 2. The summed E-state index contributed by atoms with van der Waals surface area (Å²) in [6, 6.07) is 4.77. The van der Waals surface area contributed by atoms with Crippen LogP contribution in [0.3, 0.4) is 0 Å². The Hall–Kier alpha value is -1.50. The highest BCUT2D eigenvalue weighted by Crippen LogP contribution is 2.23. The summed E-state index contributed by atoms with van der Waals surface area (Å²) in [6.07, 6.45) is -0.270. The van der Waals surface area contributed by atoms with Gasteiger partial charge in [0.05, 0.1) is 16.6 Å². The van der Waals surface area contributed by atoms with Crippen LogP contribution >= 0.6 is 23.2 Å². The van der Waals surface area contributed by atoms with Gasteiger partial charge in [0, 0.05) is 6.04 Å². The van der Waals surface area contributed by atoms with E-state index in [9.17, 15) is 9.59 Å². The number of carbonyl (C=O) groups excluding carboxylic acids is 2. The SMILES string of the molecule is NC(=O)CNC(=O)OCC(N)Cc1ccc(Cl)c(Cl)c1. The molecule has 2 amide bonds. The van der Waals surface area contributed by atoms with Crippen molar-refractivity contribution in [2.45, 2.75) is 12.5 Å². The van der Waals surface area contributed by atoms with E-state index in [0.29, 0.717) is 16.5 Å². The fraction of sp³-hybridized carbons (Fsp3) is 0.333. The summed E-state index contributed by atoms with van der Waals surface area (Å²) < 4.78 is 4.84. The van der Waals surface area contributed by atoms with Crippen LogP contribution in [0.2, 0.25) is 10.0 Å². The molecule has 0 bridgehead atoms. The Morgan fingerprint density at radius 1 is 1.30 bits per heavy atom. The zero-order valence-electron chi connectivity index (χ0n) is 10.6. The molecule has 0 saturated carbocycles. The second-order valence-electron chi connectivity index (χ2n) is 4.13. The van der Waals surface area contributed by atoms with Crippen molar-refractivity contribution in [1.29, 1.82) is 0 Å². The highest BCUT2D eigenvalue weighted by molar-refractivity contribution is 6.42. The van der Waals surface area contributed by atoms with Crippen molar-refractivity contribution in [2.24, 2.45) is 11.5 Å². The predicted molar refractivity (Wildman–Crippen MR) is 76.7 cm³/mol. The number of primary amides is 1.